The van der Waals surface area contributed by atoms with Gasteiger partial charge in [0.2, 0.25) is 0 Å². The molecule has 0 saturated heterocycles. The first-order valence-electron chi connectivity index (χ1n) is 5.77. The number of halogens is 1. The average molecular weight is 273 g/mol. The van der Waals surface area contributed by atoms with Crippen LogP contribution in [0.4, 0.5) is 0 Å². The second-order valence-corrected chi connectivity index (χ2v) is 4.26. The van der Waals surface area contributed by atoms with Gasteiger partial charge in [-0.25, -0.2) is 4.79 Å². The van der Waals surface area contributed by atoms with E-state index in [0.717, 1.165) is 0 Å². The maximum Gasteiger partial charge on any atom is 0.344 e. The number of carbonyl (C=O) groups excluding carboxylic acids is 1. The lowest BCUT2D eigenvalue weighted by atomic mass is 10.3. The van der Waals surface area contributed by atoms with Gasteiger partial charge in [-0.15, -0.1) is 0 Å². The third-order valence-electron chi connectivity index (χ3n) is 1.93. The minimum atomic E-state index is -0.406. The fourth-order valence-electron chi connectivity index (χ4n) is 1.27. The number of carbonyl (C=O) groups is 1. The molecular formula is C13H17ClO4. The Balaban J connectivity index is 2.58. The molecule has 4 nitrogen and oxygen atoms in total. The molecular weight excluding hydrogens is 256 g/mol. The SMILES string of the molecule is CCOC(=O)COc1ccc(OC(C)C)c(Cl)c1. The molecule has 0 saturated carbocycles. The Labute approximate surface area is 112 Å². The van der Waals surface area contributed by atoms with Gasteiger partial charge in [0.05, 0.1) is 17.7 Å². The third kappa shape index (κ3) is 4.84. The minimum absolute atomic E-state index is 0.0498. The third-order valence-corrected chi connectivity index (χ3v) is 2.22. The van der Waals surface area contributed by atoms with Crippen molar-refractivity contribution in [2.75, 3.05) is 13.2 Å². The average Bonchev–Trinajstić information content (AvgIpc) is 2.29. The number of rotatable bonds is 6. The van der Waals surface area contributed by atoms with Crippen molar-refractivity contribution in [3.63, 3.8) is 0 Å². The van der Waals surface area contributed by atoms with Crippen molar-refractivity contribution in [3.05, 3.63) is 23.2 Å². The highest BCUT2D eigenvalue weighted by Crippen LogP contribution is 2.29. The van der Waals surface area contributed by atoms with Gasteiger partial charge in [-0.05, 0) is 32.9 Å². The Morgan fingerprint density at radius 2 is 2.11 bits per heavy atom. The van der Waals surface area contributed by atoms with Crippen LogP contribution in [0.1, 0.15) is 20.8 Å². The van der Waals surface area contributed by atoms with Gasteiger partial charge >= 0.3 is 5.97 Å². The summed E-state index contributed by atoms with van der Waals surface area (Å²) in [5, 5.41) is 0.449. The van der Waals surface area contributed by atoms with Crippen molar-refractivity contribution in [2.45, 2.75) is 26.9 Å². The molecule has 0 heterocycles. The van der Waals surface area contributed by atoms with Crippen LogP contribution >= 0.6 is 11.6 Å². The largest absolute Gasteiger partial charge is 0.489 e. The number of esters is 1. The molecule has 1 aromatic carbocycles. The van der Waals surface area contributed by atoms with Gasteiger partial charge in [0.25, 0.3) is 0 Å². The summed E-state index contributed by atoms with van der Waals surface area (Å²) in [4.78, 5) is 11.1. The summed E-state index contributed by atoms with van der Waals surface area (Å²) < 4.78 is 15.5. The van der Waals surface area contributed by atoms with Gasteiger partial charge in [0, 0.05) is 6.07 Å². The van der Waals surface area contributed by atoms with Crippen molar-refractivity contribution in [1.29, 1.82) is 0 Å². The summed E-state index contributed by atoms with van der Waals surface area (Å²) in [5.41, 5.74) is 0. The fourth-order valence-corrected chi connectivity index (χ4v) is 1.48. The molecule has 0 radical (unpaired) electrons. The Morgan fingerprint density at radius 1 is 1.39 bits per heavy atom. The molecule has 1 aromatic rings. The van der Waals surface area contributed by atoms with Crippen LogP contribution in [-0.4, -0.2) is 25.3 Å². The summed E-state index contributed by atoms with van der Waals surface area (Å²) in [6.45, 7) is 5.79. The molecule has 0 fully saturated rings. The summed E-state index contributed by atoms with van der Waals surface area (Å²) in [5.74, 6) is 0.690. The molecule has 5 heteroatoms. The van der Waals surface area contributed by atoms with Crippen LogP contribution in [0.15, 0.2) is 18.2 Å². The molecule has 0 unspecified atom stereocenters. The predicted octanol–water partition coefficient (Wildman–Crippen LogP) is 3.07. The smallest absolute Gasteiger partial charge is 0.344 e. The molecule has 0 aliphatic carbocycles. The normalized spacial score (nSPS) is 10.3. The van der Waals surface area contributed by atoms with Crippen LogP contribution in [-0.2, 0) is 9.53 Å². The molecule has 0 aliphatic rings. The minimum Gasteiger partial charge on any atom is -0.489 e. The lowest BCUT2D eigenvalue weighted by Crippen LogP contribution is -2.14. The molecule has 0 N–H and O–H groups in total. The van der Waals surface area contributed by atoms with Gasteiger partial charge < -0.3 is 14.2 Å². The topological polar surface area (TPSA) is 44.8 Å². The molecule has 1 rings (SSSR count). The maximum atomic E-state index is 11.1. The highest BCUT2D eigenvalue weighted by molar-refractivity contribution is 6.32. The van der Waals surface area contributed by atoms with Gasteiger partial charge in [0.1, 0.15) is 11.5 Å². The predicted molar refractivity (Wildman–Crippen MR) is 69.3 cm³/mol. The molecule has 0 amide bonds. The first kappa shape index (κ1) is 14.6. The molecule has 18 heavy (non-hydrogen) atoms. The molecule has 0 atom stereocenters. The Bertz CT molecular complexity index is 404. The zero-order valence-electron chi connectivity index (χ0n) is 10.7. The lowest BCUT2D eigenvalue weighted by Gasteiger charge is -2.12. The van der Waals surface area contributed by atoms with Crippen LogP contribution in [0.5, 0.6) is 11.5 Å². The summed E-state index contributed by atoms with van der Waals surface area (Å²) >= 11 is 6.03. The second-order valence-electron chi connectivity index (χ2n) is 3.85. The first-order chi connectivity index (χ1) is 8.52. The lowest BCUT2D eigenvalue weighted by molar-refractivity contribution is -0.145. The highest BCUT2D eigenvalue weighted by atomic mass is 35.5. The van der Waals surface area contributed by atoms with Crippen molar-refractivity contribution >= 4 is 17.6 Å². The van der Waals surface area contributed by atoms with Gasteiger partial charge in [0.15, 0.2) is 6.61 Å². The van der Waals surface area contributed by atoms with E-state index in [9.17, 15) is 4.79 Å². The summed E-state index contributed by atoms with van der Waals surface area (Å²) in [6.07, 6.45) is 0.0498. The van der Waals surface area contributed by atoms with E-state index in [-0.39, 0.29) is 12.7 Å². The quantitative estimate of drug-likeness (QED) is 0.747. The van der Waals surface area contributed by atoms with Gasteiger partial charge in [-0.3, -0.25) is 0 Å². The summed E-state index contributed by atoms with van der Waals surface area (Å²) in [6, 6.07) is 5.02. The van der Waals surface area contributed by atoms with E-state index < -0.39 is 5.97 Å². The summed E-state index contributed by atoms with van der Waals surface area (Å²) in [7, 11) is 0. The highest BCUT2D eigenvalue weighted by Gasteiger charge is 2.07. The number of hydrogen-bond acceptors (Lipinski definition) is 4. The van der Waals surface area contributed by atoms with E-state index in [2.05, 4.69) is 0 Å². The van der Waals surface area contributed by atoms with Crippen LogP contribution in [0.3, 0.4) is 0 Å². The van der Waals surface area contributed by atoms with E-state index in [4.69, 9.17) is 25.8 Å². The second kappa shape index (κ2) is 7.11. The van der Waals surface area contributed by atoms with E-state index >= 15 is 0 Å². The van der Waals surface area contributed by atoms with E-state index in [0.29, 0.717) is 23.1 Å². The molecule has 100 valence electrons. The van der Waals surface area contributed by atoms with Crippen LogP contribution in [0, 0.1) is 0 Å². The van der Waals surface area contributed by atoms with Crippen molar-refractivity contribution in [2.24, 2.45) is 0 Å². The zero-order chi connectivity index (χ0) is 13.5. The Hall–Kier alpha value is -1.42. The van der Waals surface area contributed by atoms with Crippen LogP contribution in [0.25, 0.3) is 0 Å². The molecule has 0 spiro atoms. The van der Waals surface area contributed by atoms with Gasteiger partial charge in [-0.2, -0.15) is 0 Å². The Morgan fingerprint density at radius 3 is 2.67 bits per heavy atom. The zero-order valence-corrected chi connectivity index (χ0v) is 11.5. The van der Waals surface area contributed by atoms with E-state index in [1.807, 2.05) is 13.8 Å². The van der Waals surface area contributed by atoms with Crippen molar-refractivity contribution in [3.8, 4) is 11.5 Å². The van der Waals surface area contributed by atoms with Crippen LogP contribution in [0.2, 0.25) is 5.02 Å². The van der Waals surface area contributed by atoms with E-state index in [1.165, 1.54) is 0 Å². The molecule has 0 aliphatic heterocycles. The van der Waals surface area contributed by atoms with Crippen molar-refractivity contribution in [1.82, 2.24) is 0 Å². The van der Waals surface area contributed by atoms with Crippen LogP contribution < -0.4 is 9.47 Å². The molecule has 0 bridgehead atoms. The number of ether oxygens (including phenoxy) is 3. The number of benzene rings is 1. The van der Waals surface area contributed by atoms with Crippen molar-refractivity contribution < 1.29 is 19.0 Å². The first-order valence-corrected chi connectivity index (χ1v) is 6.15. The monoisotopic (exact) mass is 272 g/mol. The number of hydrogen-bond donors (Lipinski definition) is 0. The van der Waals surface area contributed by atoms with Gasteiger partial charge in [-0.1, -0.05) is 11.6 Å². The maximum absolute atomic E-state index is 11.1. The standard InChI is InChI=1S/C13H17ClO4/c1-4-16-13(15)8-17-10-5-6-12(11(14)7-10)18-9(2)3/h5-7,9H,4,8H2,1-3H3. The molecule has 0 aromatic heterocycles. The van der Waals surface area contributed by atoms with E-state index in [1.54, 1.807) is 25.1 Å². The Kier molecular flexibility index (Phi) is 5.78. The fraction of sp³-hybridized carbons (Fsp3) is 0.462.